The molecule has 17 nitrogen and oxygen atoms in total. The predicted octanol–water partition coefficient (Wildman–Crippen LogP) is 26.8. The summed E-state index contributed by atoms with van der Waals surface area (Å²) in [5.41, 5.74) is 0. The summed E-state index contributed by atoms with van der Waals surface area (Å²) in [7, 11) is -9.96. The van der Waals surface area contributed by atoms with Crippen molar-refractivity contribution in [2.75, 3.05) is 39.6 Å². The maximum absolute atomic E-state index is 13.2. The summed E-state index contributed by atoms with van der Waals surface area (Å²) in [6, 6.07) is 0. The molecule has 3 N–H and O–H groups in total. The van der Waals surface area contributed by atoms with Gasteiger partial charge in [-0.1, -0.05) is 397 Å². The van der Waals surface area contributed by atoms with E-state index >= 15 is 0 Å². The summed E-state index contributed by atoms with van der Waals surface area (Å²) >= 11 is 0. The highest BCUT2D eigenvalue weighted by Crippen LogP contribution is 2.45. The van der Waals surface area contributed by atoms with Crippen molar-refractivity contribution in [3.05, 3.63) is 48.6 Å². The van der Waals surface area contributed by atoms with Crippen LogP contribution in [0.3, 0.4) is 0 Å². The van der Waals surface area contributed by atoms with Crippen molar-refractivity contribution < 1.29 is 80.2 Å². The third-order valence-electron chi connectivity index (χ3n) is 19.8. The van der Waals surface area contributed by atoms with Gasteiger partial charge in [0.1, 0.15) is 19.3 Å². The second-order valence-electron chi connectivity index (χ2n) is 30.6. The minimum atomic E-state index is -4.98. The van der Waals surface area contributed by atoms with Crippen molar-refractivity contribution in [3.63, 3.8) is 0 Å². The molecule has 0 aromatic heterocycles. The second-order valence-corrected chi connectivity index (χ2v) is 33.5. The van der Waals surface area contributed by atoms with Gasteiger partial charge in [-0.25, -0.2) is 9.13 Å². The first kappa shape index (κ1) is 105. The summed E-state index contributed by atoms with van der Waals surface area (Å²) in [5, 5.41) is 10.7. The van der Waals surface area contributed by atoms with E-state index in [1.54, 1.807) is 0 Å². The fourth-order valence-electron chi connectivity index (χ4n) is 13.0. The first-order chi connectivity index (χ1) is 52.7. The van der Waals surface area contributed by atoms with Crippen molar-refractivity contribution in [1.29, 1.82) is 0 Å². The van der Waals surface area contributed by atoms with Crippen LogP contribution in [-0.2, 0) is 65.4 Å². The molecular weight excluding hydrogens is 1400 g/mol. The molecule has 634 valence electrons. The van der Waals surface area contributed by atoms with Gasteiger partial charge in [0, 0.05) is 25.7 Å². The van der Waals surface area contributed by atoms with Crippen LogP contribution in [0.25, 0.3) is 0 Å². The lowest BCUT2D eigenvalue weighted by molar-refractivity contribution is -0.161. The summed E-state index contributed by atoms with van der Waals surface area (Å²) in [6.45, 7) is 4.94. The lowest BCUT2D eigenvalue weighted by Gasteiger charge is -2.21. The number of aliphatic hydroxyl groups is 1. The monoisotopic (exact) mass is 1570 g/mol. The molecule has 2 unspecified atom stereocenters. The minimum Gasteiger partial charge on any atom is -0.462 e. The molecule has 0 rings (SSSR count). The first-order valence-electron chi connectivity index (χ1n) is 44.9. The fourth-order valence-corrected chi connectivity index (χ4v) is 14.6. The molecule has 0 aliphatic carbocycles. The quantitative estimate of drug-likeness (QED) is 0.0169. The molecule has 0 fully saturated rings. The third kappa shape index (κ3) is 81.0. The fraction of sp³-hybridized carbons (Fsp3) is 0.865. The zero-order chi connectivity index (χ0) is 78.9. The highest BCUT2D eigenvalue weighted by Gasteiger charge is 2.30. The van der Waals surface area contributed by atoms with Gasteiger partial charge in [0.2, 0.25) is 0 Å². The molecule has 0 radical (unpaired) electrons. The number of aliphatic hydroxyl groups excluding tert-OH is 1. The molecule has 0 saturated carbocycles. The number of allylic oxidation sites excluding steroid dienone is 8. The van der Waals surface area contributed by atoms with Crippen LogP contribution in [0.5, 0.6) is 0 Å². The average molecular weight is 1570 g/mol. The van der Waals surface area contributed by atoms with Crippen molar-refractivity contribution in [1.82, 2.24) is 0 Å². The average Bonchev–Trinajstić information content (AvgIpc) is 0.880. The van der Waals surface area contributed by atoms with Crippen LogP contribution in [0.2, 0.25) is 0 Å². The van der Waals surface area contributed by atoms with Crippen molar-refractivity contribution in [2.45, 2.75) is 457 Å². The maximum atomic E-state index is 13.2. The number of hydrogen-bond acceptors (Lipinski definition) is 15. The number of carbonyl (C=O) groups excluding carboxylic acids is 4. The van der Waals surface area contributed by atoms with Crippen LogP contribution in [0.4, 0.5) is 0 Å². The standard InChI is InChI=1S/C89H166O17P2/c1-5-9-13-17-21-25-29-33-37-41-45-49-53-57-61-65-69-73-86(91)99-79-84(105-88(93)75-71-67-63-59-55-51-47-43-39-35-31-27-23-19-15-11-7-3)81-103-107(95,96)101-77-83(90)78-102-108(97,98)104-82-85(106-89(94)76-72-68-64-60-56-52-48-44-40-36-32-28-24-20-16-12-8-4)80-100-87(92)74-70-66-62-58-54-50-46-42-38-34-30-26-22-18-14-10-6-2/h21,25,33,37,45,49,57,61,83-85,90H,5-20,22-24,26-32,34-36,38-44,46-48,50-56,58-60,62-82H2,1-4H3,(H,95,96)(H,97,98)/b25-21-,37-33-,49-45-,61-57-/t83-,84+,85+/m0/s1. The van der Waals surface area contributed by atoms with Gasteiger partial charge in [0.05, 0.1) is 26.4 Å². The van der Waals surface area contributed by atoms with Crippen LogP contribution in [-0.4, -0.2) is 96.7 Å². The highest BCUT2D eigenvalue weighted by molar-refractivity contribution is 7.47. The molecule has 0 aliphatic rings. The maximum Gasteiger partial charge on any atom is 0.472 e. The van der Waals surface area contributed by atoms with Gasteiger partial charge in [-0.15, -0.1) is 0 Å². The Morgan fingerprint density at radius 3 is 0.731 bits per heavy atom. The van der Waals surface area contributed by atoms with Crippen LogP contribution >= 0.6 is 15.6 Å². The second kappa shape index (κ2) is 82.0. The molecule has 0 heterocycles. The Bertz CT molecular complexity index is 2220. The minimum absolute atomic E-state index is 0.0918. The zero-order valence-corrected chi connectivity index (χ0v) is 71.6. The van der Waals surface area contributed by atoms with E-state index in [0.717, 1.165) is 96.3 Å². The SMILES string of the molecule is CCCCC/C=C\C/C=C\C/C=C\C/C=C\CCCC(=O)OC[C@H](COP(=O)(O)OC[C@H](O)COP(=O)(O)OC[C@@H](COC(=O)CCCCCCCCCCCCCCCCCCC)OC(=O)CCCCCCCCCCCCCCCCCCC)OC(=O)CCCCCCCCCCCCCCCCCCC. The van der Waals surface area contributed by atoms with E-state index in [2.05, 4.69) is 64.2 Å². The molecule has 0 amide bonds. The van der Waals surface area contributed by atoms with Crippen LogP contribution in [0, 0.1) is 0 Å². The van der Waals surface area contributed by atoms with Gasteiger partial charge < -0.3 is 33.8 Å². The van der Waals surface area contributed by atoms with E-state index in [4.69, 9.17) is 37.0 Å². The molecule has 0 aliphatic heterocycles. The first-order valence-corrected chi connectivity index (χ1v) is 47.9. The lowest BCUT2D eigenvalue weighted by atomic mass is 10.0. The number of esters is 4. The van der Waals surface area contributed by atoms with Crippen molar-refractivity contribution >= 4 is 39.5 Å². The van der Waals surface area contributed by atoms with Crippen LogP contribution < -0.4 is 0 Å². The molecule has 0 bridgehead atoms. The third-order valence-corrected chi connectivity index (χ3v) is 21.7. The summed E-state index contributed by atoms with van der Waals surface area (Å²) < 4.78 is 68.9. The topological polar surface area (TPSA) is 237 Å². The van der Waals surface area contributed by atoms with E-state index in [0.29, 0.717) is 32.1 Å². The number of rotatable bonds is 86. The Morgan fingerprint density at radius 2 is 0.463 bits per heavy atom. The van der Waals surface area contributed by atoms with Gasteiger partial charge in [-0.3, -0.25) is 37.3 Å². The Kier molecular flexibility index (Phi) is 79.8. The summed E-state index contributed by atoms with van der Waals surface area (Å²) in [6.07, 6.45) is 83.6. The Balaban J connectivity index is 5.35. The largest absolute Gasteiger partial charge is 0.472 e. The number of phosphoric acid groups is 2. The van der Waals surface area contributed by atoms with Crippen LogP contribution in [0.1, 0.15) is 439 Å². The molecular formula is C89H166O17P2. The van der Waals surface area contributed by atoms with Crippen molar-refractivity contribution in [3.8, 4) is 0 Å². The molecule has 0 aromatic carbocycles. The van der Waals surface area contributed by atoms with Gasteiger partial charge >= 0.3 is 39.5 Å². The number of hydrogen-bond donors (Lipinski definition) is 3. The molecule has 0 aromatic rings. The Morgan fingerprint density at radius 1 is 0.259 bits per heavy atom. The molecule has 0 saturated heterocycles. The summed E-state index contributed by atoms with van der Waals surface area (Å²) in [5.74, 6) is -2.18. The Labute approximate surface area is 661 Å². The lowest BCUT2D eigenvalue weighted by Crippen LogP contribution is -2.30. The van der Waals surface area contributed by atoms with E-state index in [-0.39, 0.29) is 25.7 Å². The predicted molar refractivity (Wildman–Crippen MR) is 446 cm³/mol. The highest BCUT2D eigenvalue weighted by atomic mass is 31.2. The van der Waals surface area contributed by atoms with E-state index in [1.165, 1.54) is 257 Å². The molecule has 0 spiro atoms. The Hall–Kier alpha value is -2.98. The smallest absolute Gasteiger partial charge is 0.462 e. The van der Waals surface area contributed by atoms with Gasteiger partial charge in [-0.2, -0.15) is 0 Å². The normalized spacial score (nSPS) is 14.0. The van der Waals surface area contributed by atoms with Gasteiger partial charge in [0.25, 0.3) is 0 Å². The van der Waals surface area contributed by atoms with Crippen molar-refractivity contribution in [2.24, 2.45) is 0 Å². The number of ether oxygens (including phenoxy) is 4. The summed E-state index contributed by atoms with van der Waals surface area (Å²) in [4.78, 5) is 73.3. The van der Waals surface area contributed by atoms with E-state index in [9.17, 15) is 43.2 Å². The van der Waals surface area contributed by atoms with E-state index in [1.807, 2.05) is 12.2 Å². The molecule has 5 atom stereocenters. The number of carbonyl (C=O) groups is 4. The van der Waals surface area contributed by atoms with Gasteiger partial charge in [-0.05, 0) is 64.2 Å². The van der Waals surface area contributed by atoms with E-state index < -0.39 is 97.5 Å². The van der Waals surface area contributed by atoms with Gasteiger partial charge in [0.15, 0.2) is 12.2 Å². The number of unbranched alkanes of at least 4 members (excludes halogenated alkanes) is 52. The van der Waals surface area contributed by atoms with Crippen LogP contribution in [0.15, 0.2) is 48.6 Å². The number of phosphoric ester groups is 2. The molecule has 19 heteroatoms. The molecule has 108 heavy (non-hydrogen) atoms. The zero-order valence-electron chi connectivity index (χ0n) is 69.8.